The van der Waals surface area contributed by atoms with Crippen molar-refractivity contribution in [2.75, 3.05) is 31.6 Å². The fourth-order valence-corrected chi connectivity index (χ4v) is 4.98. The molecule has 0 bridgehead atoms. The molecular formula is C24H27ClN2O4S. The van der Waals surface area contributed by atoms with Gasteiger partial charge in [0.05, 0.1) is 17.2 Å². The number of hydrogen-bond donors (Lipinski definition) is 3. The topological polar surface area (TPSA) is 89.9 Å². The van der Waals surface area contributed by atoms with Crippen molar-refractivity contribution >= 4 is 27.3 Å². The number of aryl methyl sites for hydroxylation is 1. The predicted molar refractivity (Wildman–Crippen MR) is 127 cm³/mol. The molecule has 170 valence electrons. The summed E-state index contributed by atoms with van der Waals surface area (Å²) in [7, 11) is -3.60. The van der Waals surface area contributed by atoms with E-state index in [9.17, 15) is 13.5 Å². The van der Waals surface area contributed by atoms with Crippen LogP contribution < -0.4 is 5.32 Å². The third kappa shape index (κ3) is 6.12. The van der Waals surface area contributed by atoms with Crippen LogP contribution in [0.25, 0.3) is 0 Å². The molecule has 3 N–H and O–H groups in total. The zero-order chi connectivity index (χ0) is 23.2. The first-order valence-corrected chi connectivity index (χ1v) is 12.2. The Bertz CT molecular complexity index is 1130. The highest BCUT2D eigenvalue weighted by molar-refractivity contribution is 7.89. The number of halogens is 1. The predicted octanol–water partition coefficient (Wildman–Crippen LogP) is 3.18. The Labute approximate surface area is 194 Å². The van der Waals surface area contributed by atoms with Crippen molar-refractivity contribution in [2.45, 2.75) is 30.3 Å². The van der Waals surface area contributed by atoms with Crippen LogP contribution in [0.1, 0.15) is 24.0 Å². The van der Waals surface area contributed by atoms with E-state index in [-0.39, 0.29) is 37.4 Å². The van der Waals surface area contributed by atoms with Gasteiger partial charge in [-0.1, -0.05) is 53.3 Å². The number of rotatable bonds is 6. The van der Waals surface area contributed by atoms with Gasteiger partial charge >= 0.3 is 0 Å². The Morgan fingerprint density at radius 1 is 1.16 bits per heavy atom. The molecule has 0 unspecified atom stereocenters. The number of nitrogens with zero attached hydrogens (tertiary/aromatic N) is 1. The average Bonchev–Trinajstić information content (AvgIpc) is 2.77. The molecule has 0 spiro atoms. The van der Waals surface area contributed by atoms with E-state index in [1.807, 2.05) is 6.92 Å². The highest BCUT2D eigenvalue weighted by Crippen LogP contribution is 2.27. The summed E-state index contributed by atoms with van der Waals surface area (Å²) in [6.07, 6.45) is 3.86. The number of anilines is 1. The Balaban J connectivity index is 1.71. The molecule has 2 aromatic rings. The van der Waals surface area contributed by atoms with Crippen molar-refractivity contribution in [2.24, 2.45) is 0 Å². The molecule has 1 aliphatic rings. The second-order valence-corrected chi connectivity index (χ2v) is 10.1. The summed E-state index contributed by atoms with van der Waals surface area (Å²) in [6.45, 7) is 2.75. The standard InChI is InChI=1S/C24H27ClN2O4S/c1-19-4-8-22(9-5-19)32(30,31)27-15-12-24(29,13-16-27)11-10-20-6-7-21(25)18-23(20)26-14-2-3-17-28/h2-9,18,26,28-29H,12-17H2,1H3/b3-2-. The Morgan fingerprint density at radius 3 is 2.50 bits per heavy atom. The van der Waals surface area contributed by atoms with Gasteiger partial charge in [-0.3, -0.25) is 0 Å². The maximum absolute atomic E-state index is 12.9. The number of aliphatic hydroxyl groups is 2. The number of nitrogens with one attached hydrogen (secondary N) is 1. The van der Waals surface area contributed by atoms with Crippen molar-refractivity contribution in [3.63, 3.8) is 0 Å². The summed E-state index contributed by atoms with van der Waals surface area (Å²) in [5.74, 6) is 5.96. The number of hydrogen-bond acceptors (Lipinski definition) is 5. The fraction of sp³-hybridized carbons (Fsp3) is 0.333. The van der Waals surface area contributed by atoms with Crippen molar-refractivity contribution in [3.05, 3.63) is 70.8 Å². The summed E-state index contributed by atoms with van der Waals surface area (Å²) < 4.78 is 27.2. The number of benzene rings is 2. The van der Waals surface area contributed by atoms with Gasteiger partial charge < -0.3 is 15.5 Å². The van der Waals surface area contributed by atoms with E-state index in [1.54, 1.807) is 54.6 Å². The van der Waals surface area contributed by atoms with E-state index in [0.29, 0.717) is 17.1 Å². The fourth-order valence-electron chi connectivity index (χ4n) is 3.36. The molecule has 0 aromatic heterocycles. The lowest BCUT2D eigenvalue weighted by atomic mass is 9.93. The highest BCUT2D eigenvalue weighted by Gasteiger charge is 2.36. The molecule has 0 radical (unpaired) electrons. The largest absolute Gasteiger partial charge is 0.392 e. The van der Waals surface area contributed by atoms with Crippen LogP contribution in [0.2, 0.25) is 5.02 Å². The van der Waals surface area contributed by atoms with E-state index < -0.39 is 15.6 Å². The lowest BCUT2D eigenvalue weighted by Crippen LogP contribution is -2.45. The van der Waals surface area contributed by atoms with Crippen LogP contribution in [-0.4, -0.2) is 54.8 Å². The molecule has 0 amide bonds. The summed E-state index contributed by atoms with van der Waals surface area (Å²) in [4.78, 5) is 0.256. The van der Waals surface area contributed by atoms with Crippen LogP contribution in [0.4, 0.5) is 5.69 Å². The summed E-state index contributed by atoms with van der Waals surface area (Å²) >= 11 is 6.09. The van der Waals surface area contributed by atoms with Crippen molar-refractivity contribution in [3.8, 4) is 11.8 Å². The van der Waals surface area contributed by atoms with Gasteiger partial charge in [0.2, 0.25) is 10.0 Å². The van der Waals surface area contributed by atoms with Crippen LogP contribution in [0.5, 0.6) is 0 Å². The maximum Gasteiger partial charge on any atom is 0.243 e. The lowest BCUT2D eigenvalue weighted by Gasteiger charge is -2.34. The zero-order valence-corrected chi connectivity index (χ0v) is 19.5. The normalized spacial score (nSPS) is 16.5. The van der Waals surface area contributed by atoms with Gasteiger partial charge in [0.25, 0.3) is 0 Å². The maximum atomic E-state index is 12.9. The first kappa shape index (κ1) is 24.3. The Kier molecular flexibility index (Phi) is 7.99. The van der Waals surface area contributed by atoms with Gasteiger partial charge in [0.15, 0.2) is 0 Å². The van der Waals surface area contributed by atoms with Crippen LogP contribution in [0.3, 0.4) is 0 Å². The van der Waals surface area contributed by atoms with Crippen molar-refractivity contribution in [1.29, 1.82) is 0 Å². The minimum Gasteiger partial charge on any atom is -0.392 e. The van der Waals surface area contributed by atoms with Gasteiger partial charge in [-0.15, -0.1) is 0 Å². The van der Waals surface area contributed by atoms with E-state index in [0.717, 1.165) is 11.3 Å². The highest BCUT2D eigenvalue weighted by atomic mass is 35.5. The van der Waals surface area contributed by atoms with E-state index >= 15 is 0 Å². The molecule has 0 aliphatic carbocycles. The average molecular weight is 475 g/mol. The minimum atomic E-state index is -3.60. The summed E-state index contributed by atoms with van der Waals surface area (Å²) in [6, 6.07) is 12.0. The summed E-state index contributed by atoms with van der Waals surface area (Å²) in [5.41, 5.74) is 1.12. The molecule has 2 aromatic carbocycles. The van der Waals surface area contributed by atoms with E-state index in [1.165, 1.54) is 4.31 Å². The van der Waals surface area contributed by atoms with E-state index in [2.05, 4.69) is 17.2 Å². The molecule has 8 heteroatoms. The van der Waals surface area contributed by atoms with Crippen LogP contribution in [0, 0.1) is 18.8 Å². The van der Waals surface area contributed by atoms with Gasteiger partial charge in [-0.2, -0.15) is 4.31 Å². The smallest absolute Gasteiger partial charge is 0.243 e. The number of piperidine rings is 1. The molecule has 1 saturated heterocycles. The third-order valence-electron chi connectivity index (χ3n) is 5.30. The van der Waals surface area contributed by atoms with Gasteiger partial charge in [-0.05, 0) is 37.3 Å². The quantitative estimate of drug-likeness (QED) is 0.442. The van der Waals surface area contributed by atoms with Crippen molar-refractivity contribution in [1.82, 2.24) is 4.31 Å². The van der Waals surface area contributed by atoms with Crippen LogP contribution in [-0.2, 0) is 10.0 Å². The molecule has 1 fully saturated rings. The lowest BCUT2D eigenvalue weighted by molar-refractivity contribution is 0.0488. The molecule has 6 nitrogen and oxygen atoms in total. The van der Waals surface area contributed by atoms with Crippen LogP contribution in [0.15, 0.2) is 59.5 Å². The molecule has 1 heterocycles. The molecule has 0 atom stereocenters. The Morgan fingerprint density at radius 2 is 1.84 bits per heavy atom. The van der Waals surface area contributed by atoms with Gasteiger partial charge in [0, 0.05) is 43.1 Å². The number of aliphatic hydroxyl groups excluding tert-OH is 1. The van der Waals surface area contributed by atoms with Crippen LogP contribution >= 0.6 is 11.6 Å². The Hall–Kier alpha value is -2.34. The van der Waals surface area contributed by atoms with Crippen molar-refractivity contribution < 1.29 is 18.6 Å². The number of sulfonamides is 1. The molecule has 3 rings (SSSR count). The van der Waals surface area contributed by atoms with E-state index in [4.69, 9.17) is 16.7 Å². The van der Waals surface area contributed by atoms with Gasteiger partial charge in [0.1, 0.15) is 5.60 Å². The second-order valence-electron chi connectivity index (χ2n) is 7.72. The summed E-state index contributed by atoms with van der Waals surface area (Å²) in [5, 5.41) is 23.5. The van der Waals surface area contributed by atoms with Gasteiger partial charge in [-0.25, -0.2) is 8.42 Å². The SMILES string of the molecule is Cc1ccc(S(=O)(=O)N2CCC(O)(C#Cc3ccc(Cl)cc3NC/C=C\CO)CC2)cc1. The zero-order valence-electron chi connectivity index (χ0n) is 17.9. The first-order valence-electron chi connectivity index (χ1n) is 10.4. The molecule has 0 saturated carbocycles. The minimum absolute atomic E-state index is 0.0342. The second kappa shape index (κ2) is 10.5. The molecular weight excluding hydrogens is 448 g/mol. The third-order valence-corrected chi connectivity index (χ3v) is 7.45. The molecule has 32 heavy (non-hydrogen) atoms. The first-order chi connectivity index (χ1) is 15.2. The monoisotopic (exact) mass is 474 g/mol. The molecule has 1 aliphatic heterocycles.